The van der Waals surface area contributed by atoms with Crippen molar-refractivity contribution in [2.45, 2.75) is 58.3 Å². The SMILES string of the molecule is Cc1cc(C)c(C)c(S(=O)(=O)NCCCCCCO)c1C. The topological polar surface area (TPSA) is 66.4 Å². The minimum absolute atomic E-state index is 0.201. The summed E-state index contributed by atoms with van der Waals surface area (Å²) in [4.78, 5) is 0.426. The Kier molecular flexibility index (Phi) is 6.84. The first-order valence-electron chi connectivity index (χ1n) is 7.49. The number of aliphatic hydroxyl groups excluding tert-OH is 1. The predicted molar refractivity (Wildman–Crippen MR) is 86.1 cm³/mol. The number of hydrogen-bond donors (Lipinski definition) is 2. The van der Waals surface area contributed by atoms with Crippen LogP contribution in [0.5, 0.6) is 0 Å². The number of nitrogens with one attached hydrogen (secondary N) is 1. The van der Waals surface area contributed by atoms with E-state index in [0.717, 1.165) is 47.9 Å². The van der Waals surface area contributed by atoms with Gasteiger partial charge in [0.15, 0.2) is 0 Å². The largest absolute Gasteiger partial charge is 0.396 e. The molecule has 0 amide bonds. The van der Waals surface area contributed by atoms with Crippen molar-refractivity contribution in [3.63, 3.8) is 0 Å². The minimum atomic E-state index is -3.46. The molecule has 0 heterocycles. The Bertz CT molecular complexity index is 553. The zero-order valence-corrected chi connectivity index (χ0v) is 14.3. The van der Waals surface area contributed by atoms with Crippen LogP contribution in [0.3, 0.4) is 0 Å². The summed E-state index contributed by atoms with van der Waals surface area (Å²) in [7, 11) is -3.46. The molecule has 1 rings (SSSR count). The highest BCUT2D eigenvalue weighted by atomic mass is 32.2. The normalized spacial score (nSPS) is 11.9. The molecule has 21 heavy (non-hydrogen) atoms. The Hall–Kier alpha value is -0.910. The summed E-state index contributed by atoms with van der Waals surface area (Å²) in [6, 6.07) is 2.03. The summed E-state index contributed by atoms with van der Waals surface area (Å²) in [6.07, 6.45) is 3.43. The van der Waals surface area contributed by atoms with E-state index in [4.69, 9.17) is 5.11 Å². The van der Waals surface area contributed by atoms with Gasteiger partial charge in [0.25, 0.3) is 0 Å². The molecule has 120 valence electrons. The number of aryl methyl sites for hydroxylation is 2. The third-order valence-electron chi connectivity index (χ3n) is 3.94. The molecule has 5 heteroatoms. The maximum Gasteiger partial charge on any atom is 0.241 e. The molecule has 0 spiro atoms. The summed E-state index contributed by atoms with van der Waals surface area (Å²) in [5, 5.41) is 8.70. The number of sulfonamides is 1. The molecular weight excluding hydrogens is 286 g/mol. The molecule has 0 aromatic heterocycles. The van der Waals surface area contributed by atoms with Gasteiger partial charge in [-0.1, -0.05) is 18.9 Å². The maximum atomic E-state index is 12.5. The van der Waals surface area contributed by atoms with Gasteiger partial charge < -0.3 is 5.11 Å². The smallest absolute Gasteiger partial charge is 0.241 e. The number of hydrogen-bond acceptors (Lipinski definition) is 3. The second-order valence-corrected chi connectivity index (χ2v) is 7.33. The zero-order chi connectivity index (χ0) is 16.0. The molecule has 0 saturated heterocycles. The number of aliphatic hydroxyl groups is 1. The van der Waals surface area contributed by atoms with Gasteiger partial charge in [-0.05, 0) is 62.8 Å². The molecular formula is C16H27NO3S. The van der Waals surface area contributed by atoms with Gasteiger partial charge >= 0.3 is 0 Å². The average molecular weight is 313 g/mol. The van der Waals surface area contributed by atoms with Gasteiger partial charge in [-0.25, -0.2) is 13.1 Å². The van der Waals surface area contributed by atoms with Crippen molar-refractivity contribution in [2.24, 2.45) is 0 Å². The lowest BCUT2D eigenvalue weighted by Crippen LogP contribution is -2.26. The van der Waals surface area contributed by atoms with Gasteiger partial charge in [0.2, 0.25) is 10.0 Å². The average Bonchev–Trinajstić information content (AvgIpc) is 2.40. The first-order valence-corrected chi connectivity index (χ1v) is 8.97. The number of unbranched alkanes of at least 4 members (excludes halogenated alkanes) is 3. The van der Waals surface area contributed by atoms with Crippen LogP contribution >= 0.6 is 0 Å². The predicted octanol–water partition coefficient (Wildman–Crippen LogP) is 2.75. The van der Waals surface area contributed by atoms with E-state index in [9.17, 15) is 8.42 Å². The summed E-state index contributed by atoms with van der Waals surface area (Å²) >= 11 is 0. The van der Waals surface area contributed by atoms with Crippen LogP contribution in [0.15, 0.2) is 11.0 Å². The molecule has 0 aliphatic carbocycles. The number of benzene rings is 1. The fourth-order valence-electron chi connectivity index (χ4n) is 2.45. The Balaban J connectivity index is 2.80. The van der Waals surface area contributed by atoms with Crippen molar-refractivity contribution >= 4 is 10.0 Å². The second-order valence-electron chi connectivity index (χ2n) is 5.63. The first kappa shape index (κ1) is 18.1. The molecule has 1 aromatic carbocycles. The second kappa shape index (κ2) is 7.92. The molecule has 1 aromatic rings. The van der Waals surface area contributed by atoms with Crippen LogP contribution in [0, 0.1) is 27.7 Å². The fraction of sp³-hybridized carbons (Fsp3) is 0.625. The lowest BCUT2D eigenvalue weighted by atomic mass is 10.0. The Morgan fingerprint density at radius 3 is 2.00 bits per heavy atom. The van der Waals surface area contributed by atoms with Crippen LogP contribution in [0.25, 0.3) is 0 Å². The Morgan fingerprint density at radius 1 is 0.952 bits per heavy atom. The van der Waals surface area contributed by atoms with Crippen molar-refractivity contribution in [1.29, 1.82) is 0 Å². The van der Waals surface area contributed by atoms with E-state index >= 15 is 0 Å². The van der Waals surface area contributed by atoms with E-state index in [2.05, 4.69) is 4.72 Å². The Labute approximate surface area is 128 Å². The van der Waals surface area contributed by atoms with Crippen molar-refractivity contribution in [1.82, 2.24) is 4.72 Å². The lowest BCUT2D eigenvalue weighted by molar-refractivity contribution is 0.282. The fourth-order valence-corrected chi connectivity index (χ4v) is 4.14. The van der Waals surface area contributed by atoms with E-state index < -0.39 is 10.0 Å². The van der Waals surface area contributed by atoms with Gasteiger partial charge in [-0.15, -0.1) is 0 Å². The quantitative estimate of drug-likeness (QED) is 0.725. The van der Waals surface area contributed by atoms with Crippen molar-refractivity contribution < 1.29 is 13.5 Å². The van der Waals surface area contributed by atoms with Crippen LogP contribution in [0.2, 0.25) is 0 Å². The van der Waals surface area contributed by atoms with E-state index in [-0.39, 0.29) is 6.61 Å². The van der Waals surface area contributed by atoms with Crippen LogP contribution in [-0.2, 0) is 10.0 Å². The van der Waals surface area contributed by atoms with Crippen LogP contribution in [0.1, 0.15) is 47.9 Å². The summed E-state index contributed by atoms with van der Waals surface area (Å²) < 4.78 is 27.7. The summed E-state index contributed by atoms with van der Waals surface area (Å²) in [6.45, 7) is 8.24. The van der Waals surface area contributed by atoms with Crippen LogP contribution in [0.4, 0.5) is 0 Å². The highest BCUT2D eigenvalue weighted by Crippen LogP contribution is 2.25. The molecule has 0 aliphatic rings. The third kappa shape index (κ3) is 4.80. The van der Waals surface area contributed by atoms with E-state index in [1.54, 1.807) is 0 Å². The zero-order valence-electron chi connectivity index (χ0n) is 13.5. The van der Waals surface area contributed by atoms with Gasteiger partial charge in [0, 0.05) is 13.2 Å². The van der Waals surface area contributed by atoms with Crippen LogP contribution < -0.4 is 4.72 Å². The molecule has 2 N–H and O–H groups in total. The molecule has 0 aliphatic heterocycles. The molecule has 0 radical (unpaired) electrons. The third-order valence-corrected chi connectivity index (χ3v) is 5.68. The van der Waals surface area contributed by atoms with Gasteiger partial charge in [-0.3, -0.25) is 0 Å². The molecule has 4 nitrogen and oxygen atoms in total. The molecule has 0 bridgehead atoms. The monoisotopic (exact) mass is 313 g/mol. The molecule has 0 atom stereocenters. The first-order chi connectivity index (χ1) is 9.81. The van der Waals surface area contributed by atoms with Crippen molar-refractivity contribution in [3.05, 3.63) is 28.3 Å². The van der Waals surface area contributed by atoms with Crippen molar-refractivity contribution in [3.8, 4) is 0 Å². The minimum Gasteiger partial charge on any atom is -0.396 e. The van der Waals surface area contributed by atoms with Crippen LogP contribution in [-0.4, -0.2) is 26.7 Å². The van der Waals surface area contributed by atoms with E-state index in [1.807, 2.05) is 33.8 Å². The summed E-state index contributed by atoms with van der Waals surface area (Å²) in [5.74, 6) is 0. The van der Waals surface area contributed by atoms with Gasteiger partial charge in [0.1, 0.15) is 0 Å². The summed E-state index contributed by atoms with van der Waals surface area (Å²) in [5.41, 5.74) is 3.65. The number of rotatable bonds is 8. The highest BCUT2D eigenvalue weighted by molar-refractivity contribution is 7.89. The van der Waals surface area contributed by atoms with E-state index in [1.165, 1.54) is 0 Å². The Morgan fingerprint density at radius 2 is 1.48 bits per heavy atom. The maximum absolute atomic E-state index is 12.5. The standard InChI is InChI=1S/C16H27NO3S/c1-12-11-13(2)15(4)16(14(12)3)21(19,20)17-9-7-5-6-8-10-18/h11,17-18H,5-10H2,1-4H3. The molecule has 0 fully saturated rings. The van der Waals surface area contributed by atoms with Gasteiger partial charge in [0.05, 0.1) is 4.90 Å². The van der Waals surface area contributed by atoms with Crippen molar-refractivity contribution in [2.75, 3.05) is 13.2 Å². The van der Waals surface area contributed by atoms with Gasteiger partial charge in [-0.2, -0.15) is 0 Å². The molecule has 0 saturated carbocycles. The van der Waals surface area contributed by atoms with E-state index in [0.29, 0.717) is 11.4 Å². The molecule has 0 unspecified atom stereocenters. The highest BCUT2D eigenvalue weighted by Gasteiger charge is 2.21. The lowest BCUT2D eigenvalue weighted by Gasteiger charge is -2.16.